The predicted molar refractivity (Wildman–Crippen MR) is 78.5 cm³/mol. The van der Waals surface area contributed by atoms with Gasteiger partial charge in [0.05, 0.1) is 0 Å². The molecular weight excluding hydrogens is 254 g/mol. The molecular formula is C15H27N3O2. The van der Waals surface area contributed by atoms with Crippen LogP contribution in [-0.4, -0.2) is 34.9 Å². The molecule has 114 valence electrons. The Kier molecular flexibility index (Phi) is 4.25. The summed E-state index contributed by atoms with van der Waals surface area (Å²) in [5.74, 6) is 0.620. The first-order chi connectivity index (χ1) is 9.47. The summed E-state index contributed by atoms with van der Waals surface area (Å²) in [6.45, 7) is 5.57. The minimum Gasteiger partial charge on any atom is -0.409 e. The quantitative estimate of drug-likeness (QED) is 0.361. The fourth-order valence-electron chi connectivity index (χ4n) is 3.69. The lowest BCUT2D eigenvalue weighted by Gasteiger charge is -2.42. The van der Waals surface area contributed by atoms with E-state index in [1.54, 1.807) is 0 Å². The second-order valence-corrected chi connectivity index (χ2v) is 6.68. The van der Waals surface area contributed by atoms with Crippen molar-refractivity contribution < 1.29 is 10.0 Å². The van der Waals surface area contributed by atoms with Gasteiger partial charge in [0.15, 0.2) is 0 Å². The van der Waals surface area contributed by atoms with Gasteiger partial charge in [0.2, 0.25) is 5.91 Å². The van der Waals surface area contributed by atoms with E-state index >= 15 is 0 Å². The van der Waals surface area contributed by atoms with Crippen LogP contribution in [0.15, 0.2) is 5.16 Å². The molecule has 3 N–H and O–H groups in total. The summed E-state index contributed by atoms with van der Waals surface area (Å²) < 4.78 is 0. The Hall–Kier alpha value is -1.26. The van der Waals surface area contributed by atoms with Gasteiger partial charge in [0.25, 0.3) is 0 Å². The number of rotatable bonds is 3. The monoisotopic (exact) mass is 281 g/mol. The van der Waals surface area contributed by atoms with E-state index in [1.807, 2.05) is 11.8 Å². The highest BCUT2D eigenvalue weighted by atomic mass is 16.4. The number of amidine groups is 1. The highest BCUT2D eigenvalue weighted by Gasteiger charge is 2.44. The molecule has 0 aromatic carbocycles. The van der Waals surface area contributed by atoms with Crippen molar-refractivity contribution in [2.45, 2.75) is 58.8 Å². The number of hydrogen-bond acceptors (Lipinski definition) is 3. The average Bonchev–Trinajstić information content (AvgIpc) is 2.96. The maximum atomic E-state index is 12.8. The molecule has 2 rings (SSSR count). The summed E-state index contributed by atoms with van der Waals surface area (Å²) in [6.07, 6.45) is 6.92. The van der Waals surface area contributed by atoms with Crippen LogP contribution < -0.4 is 5.73 Å². The molecule has 20 heavy (non-hydrogen) atoms. The van der Waals surface area contributed by atoms with Gasteiger partial charge in [-0.15, -0.1) is 0 Å². The standard InChI is InChI=1S/C15H27N3O2/c1-3-15(6-4-5-7-15)13(19)18-10-8-14(2,9-11-18)12(16)17-20/h20H,3-11H2,1-2H3,(H2,16,17). The summed E-state index contributed by atoms with van der Waals surface area (Å²) in [7, 11) is 0. The number of carbonyl (C=O) groups excluding carboxylic acids is 1. The molecule has 1 amide bonds. The molecule has 0 aromatic heterocycles. The van der Waals surface area contributed by atoms with Gasteiger partial charge in [-0.3, -0.25) is 4.79 Å². The van der Waals surface area contributed by atoms with Crippen molar-refractivity contribution in [2.24, 2.45) is 21.7 Å². The average molecular weight is 281 g/mol. The lowest BCUT2D eigenvalue weighted by molar-refractivity contribution is -0.144. The van der Waals surface area contributed by atoms with E-state index in [0.717, 1.165) is 32.1 Å². The van der Waals surface area contributed by atoms with Crippen molar-refractivity contribution in [1.29, 1.82) is 0 Å². The van der Waals surface area contributed by atoms with Crippen molar-refractivity contribution in [3.05, 3.63) is 0 Å². The van der Waals surface area contributed by atoms with Crippen LogP contribution in [0.5, 0.6) is 0 Å². The van der Waals surface area contributed by atoms with E-state index in [2.05, 4.69) is 12.1 Å². The van der Waals surface area contributed by atoms with Gasteiger partial charge < -0.3 is 15.8 Å². The zero-order valence-electron chi connectivity index (χ0n) is 12.7. The van der Waals surface area contributed by atoms with Crippen molar-refractivity contribution in [3.8, 4) is 0 Å². The first kappa shape index (κ1) is 15.1. The summed E-state index contributed by atoms with van der Waals surface area (Å²) in [5.41, 5.74) is 5.39. The van der Waals surface area contributed by atoms with Gasteiger partial charge in [0.1, 0.15) is 5.84 Å². The largest absolute Gasteiger partial charge is 0.409 e. The topological polar surface area (TPSA) is 78.9 Å². The van der Waals surface area contributed by atoms with E-state index in [0.29, 0.717) is 19.0 Å². The smallest absolute Gasteiger partial charge is 0.228 e. The van der Waals surface area contributed by atoms with Gasteiger partial charge in [0, 0.05) is 23.9 Å². The highest BCUT2D eigenvalue weighted by Crippen LogP contribution is 2.43. The Morgan fingerprint density at radius 1 is 1.25 bits per heavy atom. The fraction of sp³-hybridized carbons (Fsp3) is 0.867. The molecule has 1 saturated heterocycles. The third kappa shape index (κ3) is 2.50. The zero-order chi connectivity index (χ0) is 14.8. The van der Waals surface area contributed by atoms with E-state index in [9.17, 15) is 4.79 Å². The summed E-state index contributed by atoms with van der Waals surface area (Å²) in [5, 5.41) is 12.0. The summed E-state index contributed by atoms with van der Waals surface area (Å²) in [4.78, 5) is 14.8. The van der Waals surface area contributed by atoms with Crippen LogP contribution in [0.3, 0.4) is 0 Å². The normalized spacial score (nSPS) is 25.7. The van der Waals surface area contributed by atoms with Crippen LogP contribution in [0.4, 0.5) is 0 Å². The molecule has 1 aliphatic heterocycles. The number of amides is 1. The highest BCUT2D eigenvalue weighted by molar-refractivity contribution is 5.87. The molecule has 0 bridgehead atoms. The lowest BCUT2D eigenvalue weighted by atomic mass is 9.77. The maximum Gasteiger partial charge on any atom is 0.228 e. The molecule has 0 aromatic rings. The second-order valence-electron chi connectivity index (χ2n) is 6.68. The Labute approximate surface area is 121 Å². The molecule has 0 radical (unpaired) electrons. The van der Waals surface area contributed by atoms with E-state index < -0.39 is 0 Å². The van der Waals surface area contributed by atoms with Crippen molar-refractivity contribution in [2.75, 3.05) is 13.1 Å². The number of piperidine rings is 1. The molecule has 0 spiro atoms. The molecule has 5 nitrogen and oxygen atoms in total. The Morgan fingerprint density at radius 2 is 1.80 bits per heavy atom. The number of likely N-dealkylation sites (tertiary alicyclic amines) is 1. The van der Waals surface area contributed by atoms with Crippen LogP contribution in [0, 0.1) is 10.8 Å². The zero-order valence-corrected chi connectivity index (χ0v) is 12.7. The predicted octanol–water partition coefficient (Wildman–Crippen LogP) is 2.33. The third-order valence-corrected chi connectivity index (χ3v) is 5.57. The third-order valence-electron chi connectivity index (χ3n) is 5.57. The summed E-state index contributed by atoms with van der Waals surface area (Å²) >= 11 is 0. The number of hydrogen-bond donors (Lipinski definition) is 2. The molecule has 1 heterocycles. The van der Waals surface area contributed by atoms with E-state index in [1.165, 1.54) is 12.8 Å². The molecule has 5 heteroatoms. The van der Waals surface area contributed by atoms with Crippen LogP contribution in [0.1, 0.15) is 58.8 Å². The van der Waals surface area contributed by atoms with Crippen LogP contribution in [0.25, 0.3) is 0 Å². The second kappa shape index (κ2) is 5.62. The van der Waals surface area contributed by atoms with Gasteiger partial charge in [-0.2, -0.15) is 0 Å². The molecule has 2 aliphatic rings. The van der Waals surface area contributed by atoms with Crippen molar-refractivity contribution in [1.82, 2.24) is 4.90 Å². The number of carbonyl (C=O) groups is 1. The Morgan fingerprint density at radius 3 is 2.25 bits per heavy atom. The number of oxime groups is 1. The lowest BCUT2D eigenvalue weighted by Crippen LogP contribution is -2.51. The number of nitrogens with zero attached hydrogens (tertiary/aromatic N) is 2. The number of nitrogens with two attached hydrogens (primary N) is 1. The molecule has 1 aliphatic carbocycles. The molecule has 1 saturated carbocycles. The van der Waals surface area contributed by atoms with Crippen LogP contribution >= 0.6 is 0 Å². The van der Waals surface area contributed by atoms with E-state index in [4.69, 9.17) is 10.9 Å². The van der Waals surface area contributed by atoms with Gasteiger partial charge in [-0.05, 0) is 32.1 Å². The van der Waals surface area contributed by atoms with Crippen LogP contribution in [-0.2, 0) is 4.79 Å². The van der Waals surface area contributed by atoms with Gasteiger partial charge in [-0.1, -0.05) is 31.8 Å². The van der Waals surface area contributed by atoms with Gasteiger partial charge >= 0.3 is 0 Å². The Bertz CT molecular complexity index is 392. The van der Waals surface area contributed by atoms with E-state index in [-0.39, 0.29) is 16.7 Å². The Balaban J connectivity index is 2.02. The maximum absolute atomic E-state index is 12.8. The molecule has 2 fully saturated rings. The molecule has 0 unspecified atom stereocenters. The minimum absolute atomic E-state index is 0.107. The SMILES string of the molecule is CCC1(C(=O)N2CCC(C)(C(N)=NO)CC2)CCCC1. The van der Waals surface area contributed by atoms with Crippen molar-refractivity contribution >= 4 is 11.7 Å². The van der Waals surface area contributed by atoms with Gasteiger partial charge in [-0.25, -0.2) is 0 Å². The van der Waals surface area contributed by atoms with Crippen LogP contribution in [0.2, 0.25) is 0 Å². The minimum atomic E-state index is -0.277. The first-order valence-electron chi connectivity index (χ1n) is 7.75. The molecule has 0 atom stereocenters. The van der Waals surface area contributed by atoms with Crippen molar-refractivity contribution in [3.63, 3.8) is 0 Å². The summed E-state index contributed by atoms with van der Waals surface area (Å²) in [6, 6.07) is 0. The first-order valence-corrected chi connectivity index (χ1v) is 7.75. The fourth-order valence-corrected chi connectivity index (χ4v) is 3.69.